The number of rotatable bonds is 8. The third-order valence-corrected chi connectivity index (χ3v) is 5.08. The molecule has 0 saturated heterocycles. The van der Waals surface area contributed by atoms with Gasteiger partial charge in [0, 0.05) is 17.8 Å². The van der Waals surface area contributed by atoms with Crippen LogP contribution in [0, 0.1) is 0 Å². The molecule has 0 bridgehead atoms. The van der Waals surface area contributed by atoms with Crippen LogP contribution in [0.15, 0.2) is 41.0 Å². The number of aromatic carboxylic acids is 1. The Morgan fingerprint density at radius 2 is 2.00 bits per heavy atom. The predicted octanol–water partition coefficient (Wildman–Crippen LogP) is 2.45. The minimum absolute atomic E-state index is 0.133. The molecule has 26 heavy (non-hydrogen) atoms. The maximum absolute atomic E-state index is 12.1. The summed E-state index contributed by atoms with van der Waals surface area (Å²) in [6.45, 7) is 3.66. The van der Waals surface area contributed by atoms with E-state index in [1.807, 2.05) is 6.92 Å². The largest absolute Gasteiger partial charge is 0.478 e. The Balaban J connectivity index is 2.08. The van der Waals surface area contributed by atoms with Crippen molar-refractivity contribution in [1.29, 1.82) is 0 Å². The summed E-state index contributed by atoms with van der Waals surface area (Å²) >= 11 is 0. The monoisotopic (exact) mass is 380 g/mol. The molecule has 2 rings (SSSR count). The highest BCUT2D eigenvalue weighted by atomic mass is 32.2. The smallest absolute Gasteiger partial charge is 0.338 e. The molecule has 1 heterocycles. The van der Waals surface area contributed by atoms with E-state index in [-0.39, 0.29) is 23.1 Å². The summed E-state index contributed by atoms with van der Waals surface area (Å²) in [6, 6.07) is 7.34. The third kappa shape index (κ3) is 5.43. The van der Waals surface area contributed by atoms with E-state index in [9.17, 15) is 18.0 Å². The minimum Gasteiger partial charge on any atom is -0.478 e. The van der Waals surface area contributed by atoms with E-state index >= 15 is 0 Å². The Morgan fingerprint density at radius 3 is 2.62 bits per heavy atom. The number of benzene rings is 1. The van der Waals surface area contributed by atoms with Crippen molar-refractivity contribution in [3.8, 4) is 0 Å². The summed E-state index contributed by atoms with van der Waals surface area (Å²) in [5.74, 6) is -2.20. The summed E-state index contributed by atoms with van der Waals surface area (Å²) in [5.41, 5.74) is 0.745. The summed E-state index contributed by atoms with van der Waals surface area (Å²) in [5, 5.41) is 11.4. The second-order valence-electron chi connectivity index (χ2n) is 5.85. The van der Waals surface area contributed by atoms with Crippen molar-refractivity contribution in [1.82, 2.24) is 4.72 Å². The van der Waals surface area contributed by atoms with Crippen LogP contribution in [0.1, 0.15) is 46.7 Å². The maximum Gasteiger partial charge on any atom is 0.338 e. The Kier molecular flexibility index (Phi) is 6.17. The van der Waals surface area contributed by atoms with Gasteiger partial charge in [-0.05, 0) is 31.0 Å². The van der Waals surface area contributed by atoms with Crippen molar-refractivity contribution in [3.05, 3.63) is 53.5 Å². The lowest BCUT2D eigenvalue weighted by Crippen LogP contribution is -2.32. The Morgan fingerprint density at radius 1 is 1.27 bits per heavy atom. The first-order chi connectivity index (χ1) is 12.2. The molecule has 0 radical (unpaired) electrons. The fourth-order valence-corrected chi connectivity index (χ4v) is 3.63. The maximum atomic E-state index is 12.1. The molecule has 140 valence electrons. The van der Waals surface area contributed by atoms with Gasteiger partial charge in [0.1, 0.15) is 6.26 Å². The number of carboxylic acids is 1. The van der Waals surface area contributed by atoms with Gasteiger partial charge in [-0.25, -0.2) is 17.9 Å². The molecule has 0 spiro atoms. The van der Waals surface area contributed by atoms with Crippen molar-refractivity contribution < 1.29 is 27.5 Å². The molecule has 0 aliphatic heterocycles. The molecule has 1 aromatic carbocycles. The van der Waals surface area contributed by atoms with Crippen LogP contribution in [0.4, 0.5) is 5.69 Å². The fraction of sp³-hybridized carbons (Fsp3) is 0.294. The van der Waals surface area contributed by atoms with Crippen molar-refractivity contribution >= 4 is 27.6 Å². The molecule has 8 nitrogen and oxygen atoms in total. The Hall–Kier alpha value is -2.65. The number of sulfonamides is 1. The SMILES string of the molecule is CCC(C)NS(=O)(=O)Cc1cccc(NC(=O)c2cc(C(=O)O)co2)c1. The predicted molar refractivity (Wildman–Crippen MR) is 95.6 cm³/mol. The lowest BCUT2D eigenvalue weighted by atomic mass is 10.2. The van der Waals surface area contributed by atoms with Gasteiger partial charge in [-0.2, -0.15) is 0 Å². The number of carbonyl (C=O) groups is 2. The average Bonchev–Trinajstić information content (AvgIpc) is 3.04. The van der Waals surface area contributed by atoms with Gasteiger partial charge in [0.15, 0.2) is 5.76 Å². The molecule has 1 amide bonds. The van der Waals surface area contributed by atoms with E-state index in [0.717, 1.165) is 12.3 Å². The van der Waals surface area contributed by atoms with Crippen molar-refractivity contribution in [2.75, 3.05) is 5.32 Å². The molecule has 0 fully saturated rings. The summed E-state index contributed by atoms with van der Waals surface area (Å²) < 4.78 is 31.7. The Labute approximate surface area is 151 Å². The number of carboxylic acid groups (broad SMARTS) is 1. The normalized spacial score (nSPS) is 12.5. The molecule has 1 aromatic heterocycles. The molecular weight excluding hydrogens is 360 g/mol. The number of anilines is 1. The van der Waals surface area contributed by atoms with Crippen molar-refractivity contribution in [2.45, 2.75) is 32.1 Å². The fourth-order valence-electron chi connectivity index (χ4n) is 2.15. The van der Waals surface area contributed by atoms with Crippen LogP contribution in [-0.4, -0.2) is 31.4 Å². The van der Waals surface area contributed by atoms with E-state index in [1.54, 1.807) is 25.1 Å². The first-order valence-corrected chi connectivity index (χ1v) is 9.57. The molecule has 0 saturated carbocycles. The highest BCUT2D eigenvalue weighted by molar-refractivity contribution is 7.88. The van der Waals surface area contributed by atoms with Crippen LogP contribution in [0.25, 0.3) is 0 Å². The van der Waals surface area contributed by atoms with Gasteiger partial charge >= 0.3 is 5.97 Å². The number of amides is 1. The zero-order valence-corrected chi connectivity index (χ0v) is 15.2. The van der Waals surface area contributed by atoms with Crippen LogP contribution in [-0.2, 0) is 15.8 Å². The molecule has 9 heteroatoms. The number of nitrogens with one attached hydrogen (secondary N) is 2. The van der Waals surface area contributed by atoms with Gasteiger partial charge in [-0.1, -0.05) is 19.1 Å². The van der Waals surface area contributed by atoms with Crippen LogP contribution in [0.5, 0.6) is 0 Å². The lowest BCUT2D eigenvalue weighted by molar-refractivity contribution is 0.0696. The van der Waals surface area contributed by atoms with Crippen molar-refractivity contribution in [2.24, 2.45) is 0 Å². The van der Waals surface area contributed by atoms with Gasteiger partial charge in [0.25, 0.3) is 5.91 Å². The van der Waals surface area contributed by atoms with E-state index in [4.69, 9.17) is 9.52 Å². The van der Waals surface area contributed by atoms with Crippen LogP contribution in [0.2, 0.25) is 0 Å². The molecule has 3 N–H and O–H groups in total. The number of hydrogen-bond acceptors (Lipinski definition) is 5. The van der Waals surface area contributed by atoms with E-state index in [0.29, 0.717) is 17.7 Å². The van der Waals surface area contributed by atoms with Gasteiger partial charge in [-0.15, -0.1) is 0 Å². The molecule has 0 aliphatic rings. The standard InChI is InChI=1S/C17H20N2O6S/c1-3-11(2)19-26(23,24)10-12-5-4-6-14(7-12)18-16(20)15-8-13(9-25-15)17(21)22/h4-9,11,19H,3,10H2,1-2H3,(H,18,20)(H,21,22). The molecule has 0 aliphatic carbocycles. The van der Waals surface area contributed by atoms with Gasteiger partial charge in [-0.3, -0.25) is 4.79 Å². The molecule has 1 atom stereocenters. The molecular formula is C17H20N2O6S. The van der Waals surface area contributed by atoms with Crippen LogP contribution < -0.4 is 10.0 Å². The highest BCUT2D eigenvalue weighted by Crippen LogP contribution is 2.16. The number of hydrogen-bond donors (Lipinski definition) is 3. The summed E-state index contributed by atoms with van der Waals surface area (Å²) in [4.78, 5) is 22.9. The molecule has 2 aromatic rings. The zero-order valence-electron chi connectivity index (χ0n) is 14.4. The van der Waals surface area contributed by atoms with Gasteiger partial charge < -0.3 is 14.8 Å². The zero-order chi connectivity index (χ0) is 19.3. The third-order valence-electron chi connectivity index (χ3n) is 3.60. The quantitative estimate of drug-likeness (QED) is 0.646. The average molecular weight is 380 g/mol. The lowest BCUT2D eigenvalue weighted by Gasteiger charge is -2.12. The van der Waals surface area contributed by atoms with Crippen LogP contribution in [0.3, 0.4) is 0 Å². The highest BCUT2D eigenvalue weighted by Gasteiger charge is 2.17. The topological polar surface area (TPSA) is 126 Å². The van der Waals surface area contributed by atoms with E-state index in [1.165, 1.54) is 6.07 Å². The van der Waals surface area contributed by atoms with Gasteiger partial charge in [0.2, 0.25) is 10.0 Å². The first-order valence-electron chi connectivity index (χ1n) is 7.92. The number of carbonyl (C=O) groups excluding carboxylic acids is 1. The summed E-state index contributed by atoms with van der Waals surface area (Å²) in [6.07, 6.45) is 1.65. The molecule has 1 unspecified atom stereocenters. The first kappa shape index (κ1) is 19.7. The van der Waals surface area contributed by atoms with E-state index in [2.05, 4.69) is 10.0 Å². The van der Waals surface area contributed by atoms with Crippen molar-refractivity contribution in [3.63, 3.8) is 0 Å². The minimum atomic E-state index is -3.50. The second-order valence-corrected chi connectivity index (χ2v) is 7.60. The van der Waals surface area contributed by atoms with Crippen LogP contribution >= 0.6 is 0 Å². The van der Waals surface area contributed by atoms with E-state index < -0.39 is 21.9 Å². The number of furan rings is 1. The summed E-state index contributed by atoms with van der Waals surface area (Å²) in [7, 11) is -3.50. The second kappa shape index (κ2) is 8.15. The Bertz CT molecular complexity index is 903. The van der Waals surface area contributed by atoms with Gasteiger partial charge in [0.05, 0.1) is 11.3 Å².